The molecule has 2 N–H and O–H groups in total. The van der Waals surface area contributed by atoms with Crippen molar-refractivity contribution in [2.75, 3.05) is 0 Å². The van der Waals surface area contributed by atoms with Gasteiger partial charge in [0.2, 0.25) is 0 Å². The summed E-state index contributed by atoms with van der Waals surface area (Å²) in [5.74, 6) is -1.45. The summed E-state index contributed by atoms with van der Waals surface area (Å²) in [4.78, 5) is 33.8. The second kappa shape index (κ2) is 4.11. The van der Waals surface area contributed by atoms with Gasteiger partial charge in [-0.25, -0.2) is 4.79 Å². The average molecular weight is 255 g/mol. The van der Waals surface area contributed by atoms with Gasteiger partial charge in [0.1, 0.15) is 4.88 Å². The fraction of sp³-hybridized carbons (Fsp3) is 0. The van der Waals surface area contributed by atoms with Crippen molar-refractivity contribution in [3.63, 3.8) is 0 Å². The molecule has 1 aromatic rings. The average Bonchev–Trinajstić information content (AvgIpc) is 2.75. The highest BCUT2D eigenvalue weighted by molar-refractivity contribution is 8.18. The maximum absolute atomic E-state index is 11.2. The Morgan fingerprint density at radius 2 is 2.12 bits per heavy atom. The van der Waals surface area contributed by atoms with E-state index in [2.05, 4.69) is 5.32 Å². The van der Waals surface area contributed by atoms with Crippen molar-refractivity contribution in [1.29, 1.82) is 0 Å². The third kappa shape index (κ3) is 2.15. The number of hydrogen-bond acceptors (Lipinski definition) is 5. The first-order valence-corrected chi connectivity index (χ1v) is 5.77. The number of thioether (sulfide) groups is 1. The molecule has 0 aliphatic carbocycles. The van der Waals surface area contributed by atoms with E-state index in [4.69, 9.17) is 5.11 Å². The number of imide groups is 1. The standard InChI is InChI=1S/C9H5NO4S2/c11-7-6(16-9(14)10-7)3-4-1-2-5(15-4)8(12)13/h1-3H,(H,12,13)(H,10,11,14)/b6-3+. The van der Waals surface area contributed by atoms with Crippen LogP contribution in [-0.4, -0.2) is 22.2 Å². The molecule has 16 heavy (non-hydrogen) atoms. The number of rotatable bonds is 2. The maximum atomic E-state index is 11.2. The normalized spacial score (nSPS) is 17.9. The van der Waals surface area contributed by atoms with Crippen molar-refractivity contribution in [3.8, 4) is 0 Å². The van der Waals surface area contributed by atoms with E-state index in [1.807, 2.05) is 0 Å². The molecule has 82 valence electrons. The van der Waals surface area contributed by atoms with Crippen LogP contribution in [0.3, 0.4) is 0 Å². The van der Waals surface area contributed by atoms with Crippen LogP contribution in [0.15, 0.2) is 17.0 Å². The van der Waals surface area contributed by atoms with Gasteiger partial charge < -0.3 is 5.11 Å². The first kappa shape index (κ1) is 10.9. The zero-order valence-electron chi connectivity index (χ0n) is 7.72. The quantitative estimate of drug-likeness (QED) is 0.787. The van der Waals surface area contributed by atoms with Crippen LogP contribution in [0.1, 0.15) is 14.5 Å². The number of carboxylic acids is 1. The first-order chi connectivity index (χ1) is 7.56. The summed E-state index contributed by atoms with van der Waals surface area (Å²) in [5, 5.41) is 10.4. The monoisotopic (exact) mass is 255 g/mol. The van der Waals surface area contributed by atoms with E-state index in [1.165, 1.54) is 12.1 Å². The number of hydrogen-bond donors (Lipinski definition) is 2. The van der Waals surface area contributed by atoms with Crippen LogP contribution in [0, 0.1) is 0 Å². The summed E-state index contributed by atoms with van der Waals surface area (Å²) >= 11 is 1.86. The lowest BCUT2D eigenvalue weighted by Gasteiger charge is -1.88. The van der Waals surface area contributed by atoms with Crippen molar-refractivity contribution >= 4 is 46.3 Å². The Bertz CT molecular complexity index is 517. The number of carbonyl (C=O) groups excluding carboxylic acids is 2. The maximum Gasteiger partial charge on any atom is 0.345 e. The fourth-order valence-electron chi connectivity index (χ4n) is 1.10. The third-order valence-electron chi connectivity index (χ3n) is 1.75. The second-order valence-corrected chi connectivity index (χ2v) is 4.99. The molecule has 2 rings (SSSR count). The van der Waals surface area contributed by atoms with E-state index in [-0.39, 0.29) is 9.78 Å². The molecule has 0 radical (unpaired) electrons. The molecule has 1 fully saturated rings. The minimum Gasteiger partial charge on any atom is -0.477 e. The van der Waals surface area contributed by atoms with Crippen LogP contribution in [0.5, 0.6) is 0 Å². The lowest BCUT2D eigenvalue weighted by Crippen LogP contribution is -2.17. The summed E-state index contributed by atoms with van der Waals surface area (Å²) in [6.07, 6.45) is 1.50. The number of carboxylic acid groups (broad SMARTS) is 1. The predicted octanol–water partition coefficient (Wildman–Crippen LogP) is 1.77. The first-order valence-electron chi connectivity index (χ1n) is 4.14. The van der Waals surface area contributed by atoms with Gasteiger partial charge in [-0.1, -0.05) is 0 Å². The Morgan fingerprint density at radius 3 is 2.62 bits per heavy atom. The Balaban J connectivity index is 2.26. The molecule has 0 unspecified atom stereocenters. The Labute approximate surface area is 98.2 Å². The number of amides is 2. The number of thiophene rings is 1. The largest absolute Gasteiger partial charge is 0.477 e. The van der Waals surface area contributed by atoms with E-state index in [9.17, 15) is 14.4 Å². The molecular weight excluding hydrogens is 250 g/mol. The molecule has 1 aliphatic rings. The summed E-state index contributed by atoms with van der Waals surface area (Å²) in [6.45, 7) is 0. The van der Waals surface area contributed by atoms with Gasteiger partial charge in [0, 0.05) is 4.88 Å². The van der Waals surface area contributed by atoms with E-state index >= 15 is 0 Å². The lowest BCUT2D eigenvalue weighted by atomic mass is 10.4. The molecule has 1 aliphatic heterocycles. The summed E-state index contributed by atoms with van der Waals surface area (Å²) in [5.41, 5.74) is 0. The highest BCUT2D eigenvalue weighted by Gasteiger charge is 2.25. The Kier molecular flexibility index (Phi) is 2.80. The van der Waals surface area contributed by atoms with Crippen LogP contribution >= 0.6 is 23.1 Å². The zero-order valence-corrected chi connectivity index (χ0v) is 9.35. The molecule has 1 saturated heterocycles. The molecule has 2 heterocycles. The SMILES string of the molecule is O=C1NC(=O)/C(=C\c2ccc(C(=O)O)s2)S1. The summed E-state index contributed by atoms with van der Waals surface area (Å²) < 4.78 is 0. The van der Waals surface area contributed by atoms with Gasteiger partial charge in [-0.2, -0.15) is 0 Å². The highest BCUT2D eigenvalue weighted by atomic mass is 32.2. The zero-order chi connectivity index (χ0) is 11.7. The topological polar surface area (TPSA) is 83.5 Å². The molecular formula is C9H5NO4S2. The van der Waals surface area contributed by atoms with Crippen molar-refractivity contribution in [2.45, 2.75) is 0 Å². The molecule has 7 heteroatoms. The third-order valence-corrected chi connectivity index (χ3v) is 3.58. The van der Waals surface area contributed by atoms with Gasteiger partial charge in [0.25, 0.3) is 11.1 Å². The van der Waals surface area contributed by atoms with Gasteiger partial charge in [-0.05, 0) is 30.0 Å². The van der Waals surface area contributed by atoms with E-state index in [0.29, 0.717) is 4.88 Å². The van der Waals surface area contributed by atoms with Crippen molar-refractivity contribution in [3.05, 3.63) is 26.8 Å². The molecule has 2 amide bonds. The van der Waals surface area contributed by atoms with Crippen molar-refractivity contribution in [2.24, 2.45) is 0 Å². The molecule has 0 aromatic carbocycles. The molecule has 0 bridgehead atoms. The van der Waals surface area contributed by atoms with Gasteiger partial charge >= 0.3 is 5.97 Å². The van der Waals surface area contributed by atoms with E-state index in [1.54, 1.807) is 6.07 Å². The van der Waals surface area contributed by atoms with Crippen LogP contribution in [-0.2, 0) is 4.79 Å². The van der Waals surface area contributed by atoms with Crippen LogP contribution in [0.2, 0.25) is 0 Å². The van der Waals surface area contributed by atoms with Crippen molar-refractivity contribution in [1.82, 2.24) is 5.32 Å². The molecule has 0 atom stereocenters. The Morgan fingerprint density at radius 1 is 1.38 bits per heavy atom. The van der Waals surface area contributed by atoms with Gasteiger partial charge in [0.15, 0.2) is 0 Å². The van der Waals surface area contributed by atoms with Crippen LogP contribution < -0.4 is 5.32 Å². The van der Waals surface area contributed by atoms with Gasteiger partial charge in [0.05, 0.1) is 4.91 Å². The Hall–Kier alpha value is -1.60. The predicted molar refractivity (Wildman–Crippen MR) is 60.4 cm³/mol. The lowest BCUT2D eigenvalue weighted by molar-refractivity contribution is -0.115. The van der Waals surface area contributed by atoms with Crippen LogP contribution in [0.25, 0.3) is 6.08 Å². The van der Waals surface area contributed by atoms with E-state index < -0.39 is 17.1 Å². The molecule has 0 saturated carbocycles. The van der Waals surface area contributed by atoms with Gasteiger partial charge in [-0.15, -0.1) is 11.3 Å². The molecule has 0 spiro atoms. The smallest absolute Gasteiger partial charge is 0.345 e. The summed E-state index contributed by atoms with van der Waals surface area (Å²) in [6, 6.07) is 3.05. The van der Waals surface area contributed by atoms with Crippen molar-refractivity contribution < 1.29 is 19.5 Å². The number of aromatic carboxylic acids is 1. The second-order valence-electron chi connectivity index (χ2n) is 2.86. The number of carbonyl (C=O) groups is 3. The highest BCUT2D eigenvalue weighted by Crippen LogP contribution is 2.28. The van der Waals surface area contributed by atoms with E-state index in [0.717, 1.165) is 23.1 Å². The summed E-state index contributed by atoms with van der Waals surface area (Å²) in [7, 11) is 0. The minimum atomic E-state index is -1.01. The molecule has 5 nitrogen and oxygen atoms in total. The fourth-order valence-corrected chi connectivity index (χ4v) is 2.63. The van der Waals surface area contributed by atoms with Crippen LogP contribution in [0.4, 0.5) is 4.79 Å². The number of nitrogens with one attached hydrogen (secondary N) is 1. The van der Waals surface area contributed by atoms with Gasteiger partial charge in [-0.3, -0.25) is 14.9 Å². The molecule has 1 aromatic heterocycles. The minimum absolute atomic E-state index is 0.196.